The third-order valence-corrected chi connectivity index (χ3v) is 4.81. The second kappa shape index (κ2) is 5.92. The van der Waals surface area contributed by atoms with Crippen LogP contribution in [-0.4, -0.2) is 18.7 Å². The molecule has 4 rings (SSSR count). The van der Waals surface area contributed by atoms with E-state index >= 15 is 0 Å². The lowest BCUT2D eigenvalue weighted by Crippen LogP contribution is -2.23. The van der Waals surface area contributed by atoms with Gasteiger partial charge in [-0.05, 0) is 30.5 Å². The van der Waals surface area contributed by atoms with Gasteiger partial charge in [0, 0.05) is 30.7 Å². The molecule has 3 heterocycles. The monoisotopic (exact) mass is 334 g/mol. The van der Waals surface area contributed by atoms with Crippen LogP contribution >= 0.6 is 0 Å². The van der Waals surface area contributed by atoms with Gasteiger partial charge in [-0.3, -0.25) is 9.55 Å². The number of aromatic nitrogens is 4. The summed E-state index contributed by atoms with van der Waals surface area (Å²) in [7, 11) is 1.81. The van der Waals surface area contributed by atoms with Crippen molar-refractivity contribution in [2.45, 2.75) is 26.8 Å². The lowest BCUT2D eigenvalue weighted by atomic mass is 10.1. The van der Waals surface area contributed by atoms with Crippen LogP contribution in [0.3, 0.4) is 0 Å². The predicted molar refractivity (Wildman–Crippen MR) is 101 cm³/mol. The van der Waals surface area contributed by atoms with Gasteiger partial charge in [0.2, 0.25) is 0 Å². The van der Waals surface area contributed by atoms with E-state index < -0.39 is 0 Å². The number of pyridine rings is 1. The Kier molecular flexibility index (Phi) is 3.71. The Balaban J connectivity index is 2.03. The molecule has 128 valence electrons. The first-order chi connectivity index (χ1) is 12.1. The average Bonchev–Trinajstić information content (AvgIpc) is 3.09. The Morgan fingerprint density at radius 3 is 2.68 bits per heavy atom. The first-order valence-corrected chi connectivity index (χ1v) is 8.68. The summed E-state index contributed by atoms with van der Waals surface area (Å²) in [6, 6.07) is 12.3. The Hall–Kier alpha value is -2.82. The smallest absolute Gasteiger partial charge is 0.327 e. The van der Waals surface area contributed by atoms with Crippen molar-refractivity contribution in [3.63, 3.8) is 0 Å². The summed E-state index contributed by atoms with van der Waals surface area (Å²) in [5, 5.41) is 1.15. The van der Waals surface area contributed by atoms with Crippen molar-refractivity contribution in [2.75, 3.05) is 0 Å². The molecule has 0 atom stereocenters. The standard InChI is InChI=1S/C20H22N4O/c1-14(2)9-11-23-16-7-5-4-6-15(16)12-19(23)24-18-13-21-10-8-17(18)22(3)20(24)25/h4-8,10,12-14H,9,11H2,1-3H3. The van der Waals surface area contributed by atoms with Crippen LogP contribution in [0, 0.1) is 5.92 Å². The zero-order valence-electron chi connectivity index (χ0n) is 14.8. The van der Waals surface area contributed by atoms with Crippen LogP contribution in [0.25, 0.3) is 27.8 Å². The third kappa shape index (κ3) is 2.47. The highest BCUT2D eigenvalue weighted by Crippen LogP contribution is 2.25. The normalized spacial score (nSPS) is 11.8. The molecule has 0 aliphatic rings. The SMILES string of the molecule is CC(C)CCn1c(-n2c(=O)n(C)c3ccncc32)cc2ccccc21. The molecule has 3 aromatic heterocycles. The topological polar surface area (TPSA) is 44.8 Å². The van der Waals surface area contributed by atoms with Crippen molar-refractivity contribution in [3.8, 4) is 5.82 Å². The van der Waals surface area contributed by atoms with E-state index in [4.69, 9.17) is 0 Å². The Bertz CT molecular complexity index is 1110. The molecule has 0 spiro atoms. The second-order valence-electron chi connectivity index (χ2n) is 6.94. The number of hydrogen-bond acceptors (Lipinski definition) is 2. The summed E-state index contributed by atoms with van der Waals surface area (Å²) in [5.74, 6) is 1.50. The van der Waals surface area contributed by atoms with Crippen LogP contribution in [0.4, 0.5) is 0 Å². The Morgan fingerprint density at radius 1 is 1.08 bits per heavy atom. The summed E-state index contributed by atoms with van der Waals surface area (Å²) in [5.41, 5.74) is 2.84. The van der Waals surface area contributed by atoms with Gasteiger partial charge in [-0.2, -0.15) is 0 Å². The van der Waals surface area contributed by atoms with Crippen molar-refractivity contribution in [1.29, 1.82) is 0 Å². The molecule has 25 heavy (non-hydrogen) atoms. The lowest BCUT2D eigenvalue weighted by molar-refractivity contribution is 0.520. The summed E-state index contributed by atoms with van der Waals surface area (Å²) in [4.78, 5) is 17.2. The minimum absolute atomic E-state index is 0.0448. The quantitative estimate of drug-likeness (QED) is 0.571. The van der Waals surface area contributed by atoms with Gasteiger partial charge >= 0.3 is 5.69 Å². The number of hydrogen-bond donors (Lipinski definition) is 0. The van der Waals surface area contributed by atoms with Crippen molar-refractivity contribution >= 4 is 21.9 Å². The van der Waals surface area contributed by atoms with E-state index in [9.17, 15) is 4.79 Å². The molecule has 0 aliphatic heterocycles. The largest absolute Gasteiger partial charge is 0.334 e. The molecule has 1 aromatic carbocycles. The molecular formula is C20H22N4O. The molecule has 0 radical (unpaired) electrons. The van der Waals surface area contributed by atoms with Gasteiger partial charge in [0.1, 0.15) is 5.82 Å². The van der Waals surface area contributed by atoms with Gasteiger partial charge in [0.05, 0.1) is 17.2 Å². The van der Waals surface area contributed by atoms with Crippen LogP contribution in [0.5, 0.6) is 0 Å². The molecule has 0 unspecified atom stereocenters. The van der Waals surface area contributed by atoms with Gasteiger partial charge in [-0.25, -0.2) is 9.36 Å². The Labute approximate surface area is 146 Å². The summed E-state index contributed by atoms with van der Waals surface area (Å²) in [6.45, 7) is 5.32. The fraction of sp³-hybridized carbons (Fsp3) is 0.300. The van der Waals surface area contributed by atoms with E-state index in [1.165, 1.54) is 0 Å². The van der Waals surface area contributed by atoms with Gasteiger partial charge in [0.15, 0.2) is 0 Å². The summed E-state index contributed by atoms with van der Waals surface area (Å²) < 4.78 is 5.72. The molecular weight excluding hydrogens is 312 g/mol. The first kappa shape index (κ1) is 15.7. The van der Waals surface area contributed by atoms with E-state index in [-0.39, 0.29) is 5.69 Å². The zero-order chi connectivity index (χ0) is 17.6. The van der Waals surface area contributed by atoms with Crippen molar-refractivity contribution < 1.29 is 0 Å². The number of fused-ring (bicyclic) bond motifs is 2. The summed E-state index contributed by atoms with van der Waals surface area (Å²) in [6.07, 6.45) is 4.55. The van der Waals surface area contributed by atoms with Crippen LogP contribution in [-0.2, 0) is 13.6 Å². The lowest BCUT2D eigenvalue weighted by Gasteiger charge is -2.13. The van der Waals surface area contributed by atoms with E-state index in [1.54, 1.807) is 21.5 Å². The molecule has 0 N–H and O–H groups in total. The molecule has 0 saturated heterocycles. The highest BCUT2D eigenvalue weighted by Gasteiger charge is 2.17. The molecule has 4 aromatic rings. The number of nitrogens with zero attached hydrogens (tertiary/aromatic N) is 4. The fourth-order valence-corrected chi connectivity index (χ4v) is 3.42. The van der Waals surface area contributed by atoms with Gasteiger partial charge in [-0.1, -0.05) is 32.0 Å². The highest BCUT2D eigenvalue weighted by molar-refractivity contribution is 5.85. The molecule has 0 bridgehead atoms. The second-order valence-corrected chi connectivity index (χ2v) is 6.94. The van der Waals surface area contributed by atoms with Crippen LogP contribution in [0.1, 0.15) is 20.3 Å². The van der Waals surface area contributed by atoms with E-state index in [2.05, 4.69) is 41.6 Å². The molecule has 5 nitrogen and oxygen atoms in total. The van der Waals surface area contributed by atoms with Crippen LogP contribution < -0.4 is 5.69 Å². The summed E-state index contributed by atoms with van der Waals surface area (Å²) >= 11 is 0. The number of imidazole rings is 1. The molecule has 0 saturated carbocycles. The minimum atomic E-state index is -0.0448. The molecule has 0 fully saturated rings. The minimum Gasteiger partial charge on any atom is -0.327 e. The third-order valence-electron chi connectivity index (χ3n) is 4.81. The van der Waals surface area contributed by atoms with Crippen LogP contribution in [0.15, 0.2) is 53.6 Å². The molecule has 0 aliphatic carbocycles. The van der Waals surface area contributed by atoms with Crippen LogP contribution in [0.2, 0.25) is 0 Å². The van der Waals surface area contributed by atoms with Crippen molar-refractivity contribution in [2.24, 2.45) is 13.0 Å². The number of rotatable bonds is 4. The first-order valence-electron chi connectivity index (χ1n) is 8.68. The van der Waals surface area contributed by atoms with Gasteiger partial charge in [0.25, 0.3) is 0 Å². The van der Waals surface area contributed by atoms with Crippen molar-refractivity contribution in [3.05, 3.63) is 59.3 Å². The van der Waals surface area contributed by atoms with E-state index in [0.29, 0.717) is 5.92 Å². The van der Waals surface area contributed by atoms with E-state index in [0.717, 1.165) is 40.7 Å². The van der Waals surface area contributed by atoms with E-state index in [1.807, 2.05) is 25.2 Å². The fourth-order valence-electron chi connectivity index (χ4n) is 3.42. The zero-order valence-corrected chi connectivity index (χ0v) is 14.8. The number of aryl methyl sites for hydroxylation is 2. The molecule has 5 heteroatoms. The molecule has 0 amide bonds. The number of para-hydroxylation sites is 1. The Morgan fingerprint density at radius 2 is 1.88 bits per heavy atom. The number of benzene rings is 1. The van der Waals surface area contributed by atoms with Crippen molar-refractivity contribution in [1.82, 2.24) is 18.7 Å². The maximum atomic E-state index is 12.9. The van der Waals surface area contributed by atoms with Gasteiger partial charge < -0.3 is 4.57 Å². The predicted octanol–water partition coefficient (Wildman–Crippen LogP) is 3.73. The highest BCUT2D eigenvalue weighted by atomic mass is 16.1. The maximum absolute atomic E-state index is 12.9. The van der Waals surface area contributed by atoms with Gasteiger partial charge in [-0.15, -0.1) is 0 Å². The average molecular weight is 334 g/mol. The maximum Gasteiger partial charge on any atom is 0.334 e.